The van der Waals surface area contributed by atoms with Crippen LogP contribution in [0.15, 0.2) is 5.38 Å². The number of nitrogens with zero attached hydrogens (tertiary/aromatic N) is 3. The fourth-order valence-corrected chi connectivity index (χ4v) is 4.75. The Morgan fingerprint density at radius 1 is 1.29 bits per heavy atom. The normalized spacial score (nSPS) is 27.8. The van der Waals surface area contributed by atoms with Gasteiger partial charge in [0.15, 0.2) is 0 Å². The van der Waals surface area contributed by atoms with Gasteiger partial charge in [0.2, 0.25) is 5.91 Å². The van der Waals surface area contributed by atoms with Crippen molar-refractivity contribution < 1.29 is 9.59 Å². The summed E-state index contributed by atoms with van der Waals surface area (Å²) in [4.78, 5) is 33.9. The van der Waals surface area contributed by atoms with Gasteiger partial charge in [0.25, 0.3) is 5.91 Å². The summed E-state index contributed by atoms with van der Waals surface area (Å²) in [6, 6.07) is 0. The highest BCUT2D eigenvalue weighted by atomic mass is 32.1. The van der Waals surface area contributed by atoms with E-state index in [-0.39, 0.29) is 11.3 Å². The van der Waals surface area contributed by atoms with Gasteiger partial charge in [0, 0.05) is 31.6 Å². The molecular formula is C18H25N3O2S. The number of amides is 2. The average molecular weight is 347 g/mol. The van der Waals surface area contributed by atoms with Crippen LogP contribution in [0.5, 0.6) is 0 Å². The SMILES string of the molecule is Cc1nc(C(=O)N2CCC[C@@]3(CC2)CCN(CC2CC2)C3=O)cs1. The van der Waals surface area contributed by atoms with Crippen molar-refractivity contribution in [2.45, 2.75) is 45.4 Å². The number of hydrogen-bond acceptors (Lipinski definition) is 4. The zero-order valence-corrected chi connectivity index (χ0v) is 15.1. The molecule has 2 saturated heterocycles. The number of likely N-dealkylation sites (tertiary alicyclic amines) is 2. The fraction of sp³-hybridized carbons (Fsp3) is 0.722. The van der Waals surface area contributed by atoms with Gasteiger partial charge in [-0.3, -0.25) is 9.59 Å². The van der Waals surface area contributed by atoms with E-state index < -0.39 is 0 Å². The molecule has 1 saturated carbocycles. The van der Waals surface area contributed by atoms with Crippen molar-refractivity contribution in [3.63, 3.8) is 0 Å². The molecule has 3 fully saturated rings. The highest BCUT2D eigenvalue weighted by Crippen LogP contribution is 2.43. The highest BCUT2D eigenvalue weighted by Gasteiger charge is 2.48. The number of aromatic nitrogens is 1. The summed E-state index contributed by atoms with van der Waals surface area (Å²) in [5, 5.41) is 2.77. The largest absolute Gasteiger partial charge is 0.342 e. The zero-order chi connectivity index (χ0) is 16.7. The Hall–Kier alpha value is -1.43. The molecule has 1 atom stereocenters. The van der Waals surface area contributed by atoms with Gasteiger partial charge in [-0.2, -0.15) is 0 Å². The third kappa shape index (κ3) is 2.96. The second kappa shape index (κ2) is 6.14. The highest BCUT2D eigenvalue weighted by molar-refractivity contribution is 7.09. The van der Waals surface area contributed by atoms with Crippen molar-refractivity contribution in [1.29, 1.82) is 0 Å². The van der Waals surface area contributed by atoms with Gasteiger partial charge in [-0.1, -0.05) is 0 Å². The van der Waals surface area contributed by atoms with Gasteiger partial charge in [0.1, 0.15) is 5.69 Å². The first-order valence-corrected chi connectivity index (χ1v) is 9.96. The Balaban J connectivity index is 1.42. The summed E-state index contributed by atoms with van der Waals surface area (Å²) < 4.78 is 0. The first-order chi connectivity index (χ1) is 11.6. The van der Waals surface area contributed by atoms with Crippen LogP contribution in [-0.4, -0.2) is 52.8 Å². The number of aryl methyl sites for hydroxylation is 1. The average Bonchev–Trinajstić information content (AvgIpc) is 3.26. The van der Waals surface area contributed by atoms with E-state index in [1.54, 1.807) is 0 Å². The predicted octanol–water partition coefficient (Wildman–Crippen LogP) is 2.71. The van der Waals surface area contributed by atoms with Gasteiger partial charge < -0.3 is 9.80 Å². The summed E-state index contributed by atoms with van der Waals surface area (Å²) >= 11 is 1.51. The molecule has 2 aliphatic heterocycles. The molecule has 0 N–H and O–H groups in total. The summed E-state index contributed by atoms with van der Waals surface area (Å²) in [7, 11) is 0. The molecule has 24 heavy (non-hydrogen) atoms. The third-order valence-electron chi connectivity index (χ3n) is 5.85. The topological polar surface area (TPSA) is 53.5 Å². The number of carbonyl (C=O) groups excluding carboxylic acids is 2. The molecule has 0 aromatic carbocycles. The molecular weight excluding hydrogens is 322 g/mol. The van der Waals surface area contributed by atoms with Crippen LogP contribution in [0.2, 0.25) is 0 Å². The molecule has 6 heteroatoms. The van der Waals surface area contributed by atoms with Gasteiger partial charge in [-0.15, -0.1) is 11.3 Å². The minimum absolute atomic E-state index is 0.0247. The summed E-state index contributed by atoms with van der Waals surface area (Å²) in [6.45, 7) is 5.21. The Kier molecular flexibility index (Phi) is 4.11. The maximum absolute atomic E-state index is 13.0. The first-order valence-electron chi connectivity index (χ1n) is 9.08. The summed E-state index contributed by atoms with van der Waals surface area (Å²) in [6.07, 6.45) is 6.18. The van der Waals surface area contributed by atoms with Crippen LogP contribution in [0.1, 0.15) is 54.0 Å². The van der Waals surface area contributed by atoms with Crippen LogP contribution in [-0.2, 0) is 4.79 Å². The minimum Gasteiger partial charge on any atom is -0.342 e. The maximum atomic E-state index is 13.0. The molecule has 130 valence electrons. The van der Waals surface area contributed by atoms with Crippen LogP contribution in [0.3, 0.4) is 0 Å². The smallest absolute Gasteiger partial charge is 0.273 e. The molecule has 0 radical (unpaired) electrons. The molecule has 1 spiro atoms. The van der Waals surface area contributed by atoms with E-state index in [1.165, 1.54) is 24.2 Å². The molecule has 2 amide bonds. The molecule has 1 aliphatic carbocycles. The van der Waals surface area contributed by atoms with Crippen LogP contribution in [0.4, 0.5) is 0 Å². The van der Waals surface area contributed by atoms with E-state index in [4.69, 9.17) is 0 Å². The molecule has 0 bridgehead atoms. The first kappa shape index (κ1) is 16.1. The Labute approximate surface area is 147 Å². The quantitative estimate of drug-likeness (QED) is 0.845. The van der Waals surface area contributed by atoms with Crippen molar-refractivity contribution in [3.05, 3.63) is 16.1 Å². The Morgan fingerprint density at radius 2 is 2.08 bits per heavy atom. The summed E-state index contributed by atoms with van der Waals surface area (Å²) in [5.41, 5.74) is 0.351. The van der Waals surface area contributed by atoms with Crippen LogP contribution in [0, 0.1) is 18.3 Å². The molecule has 3 aliphatic rings. The Morgan fingerprint density at radius 3 is 2.79 bits per heavy atom. The van der Waals surface area contributed by atoms with Crippen molar-refractivity contribution in [2.75, 3.05) is 26.2 Å². The van der Waals surface area contributed by atoms with Crippen molar-refractivity contribution in [3.8, 4) is 0 Å². The lowest BCUT2D eigenvalue weighted by molar-refractivity contribution is -0.136. The fourth-order valence-electron chi connectivity index (χ4n) is 4.16. The third-order valence-corrected chi connectivity index (χ3v) is 6.62. The van der Waals surface area contributed by atoms with E-state index in [0.29, 0.717) is 18.1 Å². The van der Waals surface area contributed by atoms with E-state index in [1.807, 2.05) is 17.2 Å². The molecule has 1 aromatic heterocycles. The summed E-state index contributed by atoms with van der Waals surface area (Å²) in [5.74, 6) is 1.13. The van der Waals surface area contributed by atoms with Gasteiger partial charge in [-0.25, -0.2) is 4.98 Å². The van der Waals surface area contributed by atoms with E-state index in [0.717, 1.165) is 56.2 Å². The van der Waals surface area contributed by atoms with Crippen molar-refractivity contribution >= 4 is 23.2 Å². The van der Waals surface area contributed by atoms with E-state index in [9.17, 15) is 9.59 Å². The van der Waals surface area contributed by atoms with Crippen molar-refractivity contribution in [1.82, 2.24) is 14.8 Å². The monoisotopic (exact) mass is 347 g/mol. The van der Waals surface area contributed by atoms with Crippen LogP contribution in [0.25, 0.3) is 0 Å². The van der Waals surface area contributed by atoms with Crippen molar-refractivity contribution in [2.24, 2.45) is 11.3 Å². The molecule has 1 aromatic rings. The number of rotatable bonds is 3. The molecule has 5 nitrogen and oxygen atoms in total. The number of thiazole rings is 1. The molecule has 4 rings (SSSR count). The van der Waals surface area contributed by atoms with E-state index in [2.05, 4.69) is 9.88 Å². The minimum atomic E-state index is -0.206. The Bertz CT molecular complexity index is 654. The standard InChI is InChI=1S/C18H25N3O2S/c1-13-19-15(12-24-13)16(22)20-8-2-5-18(6-9-20)7-10-21(17(18)23)11-14-3-4-14/h12,14H,2-11H2,1H3/t18-/m1/s1. The second-order valence-electron chi connectivity index (χ2n) is 7.62. The molecule has 0 unspecified atom stereocenters. The lowest BCUT2D eigenvalue weighted by Gasteiger charge is -2.26. The van der Waals surface area contributed by atoms with E-state index >= 15 is 0 Å². The lowest BCUT2D eigenvalue weighted by atomic mass is 9.79. The van der Waals surface area contributed by atoms with Gasteiger partial charge in [-0.05, 0) is 51.4 Å². The van der Waals surface area contributed by atoms with Crippen LogP contribution < -0.4 is 0 Å². The second-order valence-corrected chi connectivity index (χ2v) is 8.68. The van der Waals surface area contributed by atoms with Gasteiger partial charge in [0.05, 0.1) is 10.4 Å². The predicted molar refractivity (Wildman–Crippen MR) is 93.0 cm³/mol. The number of hydrogen-bond donors (Lipinski definition) is 0. The lowest BCUT2D eigenvalue weighted by Crippen LogP contribution is -2.37. The van der Waals surface area contributed by atoms with Crippen LogP contribution >= 0.6 is 11.3 Å². The maximum Gasteiger partial charge on any atom is 0.273 e. The van der Waals surface area contributed by atoms with Gasteiger partial charge >= 0.3 is 0 Å². The molecule has 3 heterocycles. The number of carbonyl (C=O) groups is 2. The zero-order valence-electron chi connectivity index (χ0n) is 14.3.